The van der Waals surface area contributed by atoms with Crippen LogP contribution < -0.4 is 0 Å². The Morgan fingerprint density at radius 2 is 1.79 bits per heavy atom. The Morgan fingerprint density at radius 3 is 2.54 bits per heavy atom. The predicted molar refractivity (Wildman–Crippen MR) is 87.1 cm³/mol. The van der Waals surface area contributed by atoms with E-state index in [1.807, 2.05) is 0 Å². The third kappa shape index (κ3) is 4.96. The fraction of sp³-hybridized carbons (Fsp3) is 0.556. The molecular formula is C18H24O6. The number of cyclic esters (lactones) is 1. The number of carbonyl (C=O) groups excluding carboxylic acids is 2. The minimum Gasteiger partial charge on any atom is -0.508 e. The van der Waals surface area contributed by atoms with E-state index in [1.165, 1.54) is 6.07 Å². The zero-order chi connectivity index (χ0) is 17.7. The molecule has 0 unspecified atom stereocenters. The minimum absolute atomic E-state index is 0.00813. The Hall–Kier alpha value is -2.08. The highest BCUT2D eigenvalue weighted by Gasteiger charge is 2.23. The van der Waals surface area contributed by atoms with Gasteiger partial charge < -0.3 is 20.1 Å². The summed E-state index contributed by atoms with van der Waals surface area (Å²) in [6, 6.07) is 2.56. The van der Waals surface area contributed by atoms with Gasteiger partial charge in [0, 0.05) is 25.3 Å². The lowest BCUT2D eigenvalue weighted by molar-refractivity contribution is -0.121. The number of aliphatic hydroxyl groups is 1. The number of fused-ring (bicyclic) bond motifs is 1. The number of benzene rings is 1. The lowest BCUT2D eigenvalue weighted by Gasteiger charge is -2.19. The molecule has 6 heteroatoms. The number of aliphatic hydroxyl groups excluding tert-OH is 1. The molecule has 1 aromatic carbocycles. The van der Waals surface area contributed by atoms with Crippen molar-refractivity contribution in [1.82, 2.24) is 0 Å². The number of ketones is 1. The van der Waals surface area contributed by atoms with E-state index in [0.29, 0.717) is 31.2 Å². The number of rotatable bonds is 0. The summed E-state index contributed by atoms with van der Waals surface area (Å²) in [4.78, 5) is 24.2. The van der Waals surface area contributed by atoms with Crippen LogP contribution in [0.1, 0.15) is 61.4 Å². The number of carbonyl (C=O) groups is 2. The van der Waals surface area contributed by atoms with Crippen molar-refractivity contribution in [2.45, 2.75) is 64.1 Å². The summed E-state index contributed by atoms with van der Waals surface area (Å²) in [6.07, 6.45) is 1.91. The molecule has 0 aromatic heterocycles. The Kier molecular flexibility index (Phi) is 6.20. The van der Waals surface area contributed by atoms with Crippen LogP contribution >= 0.6 is 0 Å². The molecule has 0 aliphatic carbocycles. The molecule has 0 radical (unpaired) electrons. The lowest BCUT2D eigenvalue weighted by Crippen LogP contribution is -2.24. The summed E-state index contributed by atoms with van der Waals surface area (Å²) in [6.45, 7) is 1.63. The number of hydrogen-bond acceptors (Lipinski definition) is 6. The first-order valence-electron chi connectivity index (χ1n) is 8.32. The largest absolute Gasteiger partial charge is 0.508 e. The molecule has 1 aliphatic heterocycles. The number of phenols is 2. The van der Waals surface area contributed by atoms with E-state index in [9.17, 15) is 24.9 Å². The minimum atomic E-state index is -0.851. The fourth-order valence-electron chi connectivity index (χ4n) is 3.04. The zero-order valence-corrected chi connectivity index (χ0v) is 13.8. The van der Waals surface area contributed by atoms with Crippen LogP contribution in [0, 0.1) is 0 Å². The number of aromatic hydroxyl groups is 2. The van der Waals surface area contributed by atoms with E-state index in [4.69, 9.17) is 4.74 Å². The standard InChI is InChI=1S/C18H24O6/c1-11-7-14(20)9-13(19)6-4-2-3-5-12-8-15(21)10-16(22)17(12)18(23)24-11/h8,10-11,14,20-22H,2-7,9H2,1H3/t11-,14+/m0/s1. The highest BCUT2D eigenvalue weighted by atomic mass is 16.5. The maximum Gasteiger partial charge on any atom is 0.342 e. The van der Waals surface area contributed by atoms with Gasteiger partial charge in [-0.2, -0.15) is 0 Å². The predicted octanol–water partition coefficient (Wildman–Crippen LogP) is 2.47. The van der Waals surface area contributed by atoms with E-state index in [2.05, 4.69) is 0 Å². The first-order valence-corrected chi connectivity index (χ1v) is 8.32. The van der Waals surface area contributed by atoms with Crippen LogP contribution in [0.2, 0.25) is 0 Å². The molecule has 24 heavy (non-hydrogen) atoms. The van der Waals surface area contributed by atoms with Crippen LogP contribution in [0.4, 0.5) is 0 Å². The van der Waals surface area contributed by atoms with Crippen molar-refractivity contribution in [2.75, 3.05) is 0 Å². The van der Waals surface area contributed by atoms with Crippen LogP contribution in [0.5, 0.6) is 11.5 Å². The molecule has 2 rings (SSSR count). The molecule has 6 nitrogen and oxygen atoms in total. The molecule has 0 saturated carbocycles. The highest BCUT2D eigenvalue weighted by Crippen LogP contribution is 2.30. The van der Waals surface area contributed by atoms with Gasteiger partial charge in [0.25, 0.3) is 0 Å². The van der Waals surface area contributed by atoms with Gasteiger partial charge in [0.2, 0.25) is 0 Å². The topological polar surface area (TPSA) is 104 Å². The molecule has 0 bridgehead atoms. The summed E-state index contributed by atoms with van der Waals surface area (Å²) < 4.78 is 5.30. The highest BCUT2D eigenvalue weighted by molar-refractivity contribution is 5.94. The van der Waals surface area contributed by atoms with Crippen molar-refractivity contribution >= 4 is 11.8 Å². The molecule has 1 aliphatic rings. The van der Waals surface area contributed by atoms with Crippen LogP contribution in [0.15, 0.2) is 12.1 Å². The van der Waals surface area contributed by atoms with Crippen LogP contribution in [-0.4, -0.2) is 39.3 Å². The van der Waals surface area contributed by atoms with Gasteiger partial charge in [-0.05, 0) is 37.8 Å². The van der Waals surface area contributed by atoms with E-state index < -0.39 is 18.2 Å². The first-order chi connectivity index (χ1) is 11.4. The van der Waals surface area contributed by atoms with E-state index in [1.54, 1.807) is 6.92 Å². The Labute approximate surface area is 141 Å². The van der Waals surface area contributed by atoms with Crippen LogP contribution in [-0.2, 0) is 16.0 Å². The fourth-order valence-corrected chi connectivity index (χ4v) is 3.04. The van der Waals surface area contributed by atoms with Crippen LogP contribution in [0.3, 0.4) is 0 Å². The van der Waals surface area contributed by atoms with Gasteiger partial charge in [0.05, 0.1) is 6.10 Å². The molecule has 0 amide bonds. The van der Waals surface area contributed by atoms with Crippen LogP contribution in [0.25, 0.3) is 0 Å². The Bertz CT molecular complexity index is 610. The van der Waals surface area contributed by atoms with Gasteiger partial charge in [-0.25, -0.2) is 4.79 Å². The molecule has 0 fully saturated rings. The average Bonchev–Trinajstić information content (AvgIpc) is 2.44. The van der Waals surface area contributed by atoms with Gasteiger partial charge in [0.1, 0.15) is 28.9 Å². The molecule has 0 saturated heterocycles. The van der Waals surface area contributed by atoms with Crippen molar-refractivity contribution in [3.63, 3.8) is 0 Å². The monoisotopic (exact) mass is 336 g/mol. The van der Waals surface area contributed by atoms with Gasteiger partial charge in [-0.1, -0.05) is 6.42 Å². The maximum atomic E-state index is 12.4. The summed E-state index contributed by atoms with van der Waals surface area (Å²) in [7, 11) is 0. The second kappa shape index (κ2) is 8.15. The second-order valence-corrected chi connectivity index (χ2v) is 6.41. The van der Waals surface area contributed by atoms with Crippen molar-refractivity contribution in [3.8, 4) is 11.5 Å². The molecule has 2 atom stereocenters. The van der Waals surface area contributed by atoms with E-state index >= 15 is 0 Å². The SMILES string of the molecule is C[C@H]1C[C@@H](O)CC(=O)CCCCCc2cc(O)cc(O)c2C(=O)O1. The quantitative estimate of drug-likeness (QED) is 0.629. The molecule has 1 heterocycles. The number of esters is 1. The number of aryl methyl sites for hydroxylation is 1. The normalized spacial score (nSPS) is 23.9. The maximum absolute atomic E-state index is 12.4. The Balaban J connectivity index is 2.26. The number of phenolic OH excluding ortho intramolecular Hbond substituents is 2. The smallest absolute Gasteiger partial charge is 0.342 e. The summed E-state index contributed by atoms with van der Waals surface area (Å²) in [5, 5.41) is 29.6. The molecule has 132 valence electrons. The van der Waals surface area contributed by atoms with Gasteiger partial charge in [-0.15, -0.1) is 0 Å². The summed E-state index contributed by atoms with van der Waals surface area (Å²) in [5.74, 6) is -1.11. The van der Waals surface area contributed by atoms with Gasteiger partial charge in [0.15, 0.2) is 0 Å². The van der Waals surface area contributed by atoms with Crippen molar-refractivity contribution in [1.29, 1.82) is 0 Å². The Morgan fingerprint density at radius 1 is 1.08 bits per heavy atom. The third-order valence-corrected chi connectivity index (χ3v) is 4.17. The lowest BCUT2D eigenvalue weighted by atomic mass is 9.97. The first kappa shape index (κ1) is 18.3. The molecule has 0 spiro atoms. The molecule has 1 aromatic rings. The number of hydrogen-bond donors (Lipinski definition) is 3. The average molecular weight is 336 g/mol. The van der Waals surface area contributed by atoms with E-state index in [0.717, 1.165) is 12.5 Å². The second-order valence-electron chi connectivity index (χ2n) is 6.41. The van der Waals surface area contributed by atoms with Crippen molar-refractivity contribution in [3.05, 3.63) is 23.3 Å². The summed E-state index contributed by atoms with van der Waals surface area (Å²) in [5.41, 5.74) is 0.580. The van der Waals surface area contributed by atoms with E-state index in [-0.39, 0.29) is 35.7 Å². The van der Waals surface area contributed by atoms with Crippen molar-refractivity contribution < 1.29 is 29.6 Å². The van der Waals surface area contributed by atoms with Gasteiger partial charge >= 0.3 is 5.97 Å². The van der Waals surface area contributed by atoms with Crippen molar-refractivity contribution in [2.24, 2.45) is 0 Å². The molecule has 3 N–H and O–H groups in total. The number of ether oxygens (including phenoxy) is 1. The zero-order valence-electron chi connectivity index (χ0n) is 13.8. The number of Topliss-reactive ketones (excluding diaryl/α,β-unsaturated/α-hetero) is 1. The molecular weight excluding hydrogens is 312 g/mol. The summed E-state index contributed by atoms with van der Waals surface area (Å²) >= 11 is 0. The third-order valence-electron chi connectivity index (χ3n) is 4.17. The van der Waals surface area contributed by atoms with Gasteiger partial charge in [-0.3, -0.25) is 4.79 Å².